The highest BCUT2D eigenvalue weighted by molar-refractivity contribution is 6.32. The zero-order valence-corrected chi connectivity index (χ0v) is 11.5. The summed E-state index contributed by atoms with van der Waals surface area (Å²) in [5, 5.41) is 21.0. The van der Waals surface area contributed by atoms with Crippen LogP contribution < -0.4 is 5.32 Å². The van der Waals surface area contributed by atoms with E-state index < -0.39 is 17.5 Å². The number of carbonyl (C=O) groups is 1. The van der Waals surface area contributed by atoms with E-state index in [0.717, 1.165) is 12.1 Å². The maximum Gasteiger partial charge on any atom is 0.255 e. The molecular weight excluding hydrogens is 273 g/mol. The molecule has 6 heteroatoms. The molecule has 1 aromatic rings. The number of aliphatic hydroxyl groups excluding tert-OH is 1. The van der Waals surface area contributed by atoms with Gasteiger partial charge in [0.2, 0.25) is 0 Å². The smallest absolute Gasteiger partial charge is 0.255 e. The molecule has 1 rings (SSSR count). The highest BCUT2D eigenvalue weighted by Crippen LogP contribution is 2.28. The molecule has 1 unspecified atom stereocenters. The Bertz CT molecular complexity index is 465. The number of amides is 1. The number of phenolic OH excluding ortho intramolecular Hbond substituents is 1. The van der Waals surface area contributed by atoms with Crippen molar-refractivity contribution >= 4 is 17.5 Å². The number of phenols is 1. The normalized spacial score (nSPS) is 12.5. The number of rotatable bonds is 5. The van der Waals surface area contributed by atoms with Crippen LogP contribution in [0.1, 0.15) is 30.6 Å². The predicted octanol–water partition coefficient (Wildman–Crippen LogP) is 2.32. The standard InChI is InChI=1S/C13H17ClFNO3/c1-7(2)11(3-4-17)16-13(19)9-5-8(15)6-10(14)12(9)18/h5-7,11,17-18H,3-4H2,1-2H3,(H,16,19). The fourth-order valence-electron chi connectivity index (χ4n) is 1.70. The van der Waals surface area contributed by atoms with Crippen LogP contribution >= 0.6 is 11.6 Å². The SMILES string of the molecule is CC(C)C(CCO)NC(=O)c1cc(F)cc(Cl)c1O. The van der Waals surface area contributed by atoms with E-state index in [1.54, 1.807) is 0 Å². The highest BCUT2D eigenvalue weighted by atomic mass is 35.5. The van der Waals surface area contributed by atoms with Gasteiger partial charge in [-0.05, 0) is 24.5 Å². The summed E-state index contributed by atoms with van der Waals surface area (Å²) in [6.07, 6.45) is 0.382. The summed E-state index contributed by atoms with van der Waals surface area (Å²) in [4.78, 5) is 12.0. The fraction of sp³-hybridized carbons (Fsp3) is 0.462. The quantitative estimate of drug-likeness (QED) is 0.779. The molecule has 0 aliphatic rings. The molecule has 0 aromatic heterocycles. The number of carbonyl (C=O) groups excluding carboxylic acids is 1. The Hall–Kier alpha value is -1.33. The van der Waals surface area contributed by atoms with Gasteiger partial charge < -0.3 is 15.5 Å². The first kappa shape index (κ1) is 15.7. The van der Waals surface area contributed by atoms with Crippen molar-refractivity contribution in [3.05, 3.63) is 28.5 Å². The molecule has 0 saturated carbocycles. The lowest BCUT2D eigenvalue weighted by atomic mass is 10.0. The summed E-state index contributed by atoms with van der Waals surface area (Å²) in [5.74, 6) is -1.67. The molecule has 1 atom stereocenters. The molecule has 0 fully saturated rings. The van der Waals surface area contributed by atoms with E-state index in [0.29, 0.717) is 6.42 Å². The number of hydrogen-bond donors (Lipinski definition) is 3. The summed E-state index contributed by atoms with van der Waals surface area (Å²) in [6.45, 7) is 3.71. The van der Waals surface area contributed by atoms with E-state index in [1.165, 1.54) is 0 Å². The fourth-order valence-corrected chi connectivity index (χ4v) is 1.90. The molecule has 0 aliphatic heterocycles. The number of benzene rings is 1. The first-order valence-electron chi connectivity index (χ1n) is 5.96. The molecule has 0 bridgehead atoms. The molecule has 106 valence electrons. The summed E-state index contributed by atoms with van der Waals surface area (Å²) >= 11 is 5.61. The van der Waals surface area contributed by atoms with Crippen molar-refractivity contribution in [2.24, 2.45) is 5.92 Å². The molecule has 0 saturated heterocycles. The van der Waals surface area contributed by atoms with E-state index in [1.807, 2.05) is 13.8 Å². The van der Waals surface area contributed by atoms with Crippen LogP contribution in [0.3, 0.4) is 0 Å². The van der Waals surface area contributed by atoms with Gasteiger partial charge in [0.1, 0.15) is 11.6 Å². The van der Waals surface area contributed by atoms with Crippen LogP contribution in [0.25, 0.3) is 0 Å². The zero-order chi connectivity index (χ0) is 14.6. The number of aromatic hydroxyl groups is 1. The maximum absolute atomic E-state index is 13.2. The van der Waals surface area contributed by atoms with E-state index in [2.05, 4.69) is 5.32 Å². The average Bonchev–Trinajstić information content (AvgIpc) is 2.32. The van der Waals surface area contributed by atoms with Crippen molar-refractivity contribution in [3.63, 3.8) is 0 Å². The molecule has 1 amide bonds. The molecule has 4 nitrogen and oxygen atoms in total. The van der Waals surface area contributed by atoms with Gasteiger partial charge in [0.15, 0.2) is 0 Å². The van der Waals surface area contributed by atoms with Crippen molar-refractivity contribution in [2.45, 2.75) is 26.3 Å². The Morgan fingerprint density at radius 2 is 2.11 bits per heavy atom. The van der Waals surface area contributed by atoms with E-state index in [4.69, 9.17) is 16.7 Å². The van der Waals surface area contributed by atoms with Gasteiger partial charge in [0.05, 0.1) is 10.6 Å². The first-order valence-corrected chi connectivity index (χ1v) is 6.34. The lowest BCUT2D eigenvalue weighted by Gasteiger charge is -2.21. The maximum atomic E-state index is 13.2. The average molecular weight is 290 g/mol. The van der Waals surface area contributed by atoms with Gasteiger partial charge in [-0.25, -0.2) is 4.39 Å². The van der Waals surface area contributed by atoms with Crippen LogP contribution in [0.15, 0.2) is 12.1 Å². The largest absolute Gasteiger partial charge is 0.506 e. The van der Waals surface area contributed by atoms with Crippen molar-refractivity contribution in [1.82, 2.24) is 5.32 Å². The minimum Gasteiger partial charge on any atom is -0.506 e. The third-order valence-corrected chi connectivity index (χ3v) is 3.12. The van der Waals surface area contributed by atoms with Crippen molar-refractivity contribution in [1.29, 1.82) is 0 Å². The number of halogens is 2. The second-order valence-electron chi connectivity index (χ2n) is 4.62. The van der Waals surface area contributed by atoms with E-state index in [9.17, 15) is 14.3 Å². The van der Waals surface area contributed by atoms with Crippen molar-refractivity contribution < 1.29 is 19.4 Å². The third kappa shape index (κ3) is 4.08. The highest BCUT2D eigenvalue weighted by Gasteiger charge is 2.20. The second-order valence-corrected chi connectivity index (χ2v) is 5.03. The van der Waals surface area contributed by atoms with Gasteiger partial charge >= 0.3 is 0 Å². The van der Waals surface area contributed by atoms with Crippen molar-refractivity contribution in [2.75, 3.05) is 6.61 Å². The van der Waals surface area contributed by atoms with Crippen LogP contribution in [0.4, 0.5) is 4.39 Å². The minimum atomic E-state index is -0.698. The molecule has 0 radical (unpaired) electrons. The third-order valence-electron chi connectivity index (χ3n) is 2.83. The summed E-state index contributed by atoms with van der Waals surface area (Å²) in [5.41, 5.74) is -0.214. The van der Waals surface area contributed by atoms with Gasteiger partial charge in [0.25, 0.3) is 5.91 Å². The van der Waals surface area contributed by atoms with E-state index in [-0.39, 0.29) is 29.2 Å². The zero-order valence-electron chi connectivity index (χ0n) is 10.8. The van der Waals surface area contributed by atoms with Crippen LogP contribution in [0.2, 0.25) is 5.02 Å². The molecule has 0 heterocycles. The summed E-state index contributed by atoms with van der Waals surface area (Å²) in [7, 11) is 0. The van der Waals surface area contributed by atoms with Crippen LogP contribution in [-0.2, 0) is 0 Å². The number of hydrogen-bond acceptors (Lipinski definition) is 3. The molecule has 1 aromatic carbocycles. The monoisotopic (exact) mass is 289 g/mol. The second kappa shape index (κ2) is 6.73. The number of aliphatic hydroxyl groups is 1. The molecule has 0 aliphatic carbocycles. The van der Waals surface area contributed by atoms with Gasteiger partial charge in [-0.15, -0.1) is 0 Å². The van der Waals surface area contributed by atoms with Gasteiger partial charge in [0, 0.05) is 12.6 Å². The lowest BCUT2D eigenvalue weighted by molar-refractivity contribution is 0.0913. The predicted molar refractivity (Wildman–Crippen MR) is 70.9 cm³/mol. The van der Waals surface area contributed by atoms with Crippen molar-refractivity contribution in [3.8, 4) is 5.75 Å². The lowest BCUT2D eigenvalue weighted by Crippen LogP contribution is -2.39. The Morgan fingerprint density at radius 1 is 1.47 bits per heavy atom. The Labute approximate surface area is 116 Å². The van der Waals surface area contributed by atoms with Gasteiger partial charge in [-0.2, -0.15) is 0 Å². The Balaban J connectivity index is 2.94. The molecular formula is C13H17ClFNO3. The Kier molecular flexibility index (Phi) is 5.57. The van der Waals surface area contributed by atoms with E-state index >= 15 is 0 Å². The van der Waals surface area contributed by atoms with Gasteiger partial charge in [-0.3, -0.25) is 4.79 Å². The first-order chi connectivity index (χ1) is 8.86. The summed E-state index contributed by atoms with van der Waals surface area (Å²) < 4.78 is 13.2. The van der Waals surface area contributed by atoms with Crippen LogP contribution in [0, 0.1) is 11.7 Å². The topological polar surface area (TPSA) is 69.6 Å². The molecule has 19 heavy (non-hydrogen) atoms. The minimum absolute atomic E-state index is 0.0704. The Morgan fingerprint density at radius 3 is 2.63 bits per heavy atom. The van der Waals surface area contributed by atoms with Gasteiger partial charge in [-0.1, -0.05) is 25.4 Å². The molecule has 3 N–H and O–H groups in total. The summed E-state index contributed by atoms with van der Waals surface area (Å²) in [6, 6.07) is 1.59. The van der Waals surface area contributed by atoms with Crippen LogP contribution in [0.5, 0.6) is 5.75 Å². The number of nitrogens with one attached hydrogen (secondary N) is 1. The van der Waals surface area contributed by atoms with Crippen LogP contribution in [-0.4, -0.2) is 28.8 Å². The molecule has 0 spiro atoms.